The van der Waals surface area contributed by atoms with Crippen LogP contribution < -0.4 is 9.47 Å². The Morgan fingerprint density at radius 2 is 2.41 bits per heavy atom. The van der Waals surface area contributed by atoms with Gasteiger partial charge in [0.05, 0.1) is 19.1 Å². The summed E-state index contributed by atoms with van der Waals surface area (Å²) in [5.41, 5.74) is 0.444. The van der Waals surface area contributed by atoms with Crippen molar-refractivity contribution in [2.45, 2.75) is 12.5 Å². The molecule has 0 N–H and O–H groups in total. The molecule has 0 fully saturated rings. The minimum Gasteiger partial charge on any atom is -0.485 e. The highest BCUT2D eigenvalue weighted by Crippen LogP contribution is 2.34. The van der Waals surface area contributed by atoms with Crippen LogP contribution in [0.25, 0.3) is 0 Å². The summed E-state index contributed by atoms with van der Waals surface area (Å²) in [5, 5.41) is 0. The SMILES string of the molecule is COC(=O)CC1COc2c(C=O)cccc2O1. The Morgan fingerprint density at radius 3 is 3.12 bits per heavy atom. The van der Waals surface area contributed by atoms with Crippen molar-refractivity contribution in [3.63, 3.8) is 0 Å². The number of methoxy groups -OCH3 is 1. The number of rotatable bonds is 3. The summed E-state index contributed by atoms with van der Waals surface area (Å²) in [5.74, 6) is 0.562. The molecule has 0 aromatic heterocycles. The van der Waals surface area contributed by atoms with Crippen molar-refractivity contribution in [2.75, 3.05) is 13.7 Å². The highest BCUT2D eigenvalue weighted by atomic mass is 16.6. The van der Waals surface area contributed by atoms with Gasteiger partial charge in [0.15, 0.2) is 17.8 Å². The molecule has 1 aliphatic rings. The number of esters is 1. The number of hydrogen-bond donors (Lipinski definition) is 0. The van der Waals surface area contributed by atoms with Crippen LogP contribution in [0.1, 0.15) is 16.8 Å². The fourth-order valence-electron chi connectivity index (χ4n) is 1.63. The molecule has 5 heteroatoms. The van der Waals surface area contributed by atoms with Crippen molar-refractivity contribution in [3.05, 3.63) is 23.8 Å². The molecule has 5 nitrogen and oxygen atoms in total. The van der Waals surface area contributed by atoms with Gasteiger partial charge in [-0.2, -0.15) is 0 Å². The first kappa shape index (κ1) is 11.4. The fourth-order valence-corrected chi connectivity index (χ4v) is 1.63. The average molecular weight is 236 g/mol. The van der Waals surface area contributed by atoms with Gasteiger partial charge in [0, 0.05) is 0 Å². The molecule has 1 aromatic carbocycles. The van der Waals surface area contributed by atoms with Gasteiger partial charge in [0.2, 0.25) is 0 Å². The lowest BCUT2D eigenvalue weighted by atomic mass is 10.1. The molecule has 0 aliphatic carbocycles. The maximum Gasteiger partial charge on any atom is 0.309 e. The molecule has 1 unspecified atom stereocenters. The molecule has 1 atom stereocenters. The summed E-state index contributed by atoms with van der Waals surface area (Å²) < 4.78 is 15.6. The van der Waals surface area contributed by atoms with Gasteiger partial charge in [-0.05, 0) is 12.1 Å². The van der Waals surface area contributed by atoms with E-state index in [-0.39, 0.29) is 25.1 Å². The van der Waals surface area contributed by atoms with E-state index >= 15 is 0 Å². The molecule has 0 radical (unpaired) electrons. The van der Waals surface area contributed by atoms with Crippen LogP contribution in [0.3, 0.4) is 0 Å². The standard InChI is InChI=1S/C12H12O5/c1-15-11(14)5-9-7-16-12-8(6-13)3-2-4-10(12)17-9/h2-4,6,9H,5,7H2,1H3. The number of carbonyl (C=O) groups excluding carboxylic acids is 2. The van der Waals surface area contributed by atoms with Crippen molar-refractivity contribution >= 4 is 12.3 Å². The van der Waals surface area contributed by atoms with Crippen LogP contribution in [0.2, 0.25) is 0 Å². The highest BCUT2D eigenvalue weighted by molar-refractivity contribution is 5.81. The third kappa shape index (κ3) is 2.38. The molecule has 90 valence electrons. The fraction of sp³-hybridized carbons (Fsp3) is 0.333. The summed E-state index contributed by atoms with van der Waals surface area (Å²) in [6, 6.07) is 5.05. The Balaban J connectivity index is 2.14. The third-order valence-corrected chi connectivity index (χ3v) is 2.47. The zero-order chi connectivity index (χ0) is 12.3. The van der Waals surface area contributed by atoms with Gasteiger partial charge in [-0.15, -0.1) is 0 Å². The molecule has 1 heterocycles. The van der Waals surface area contributed by atoms with Gasteiger partial charge in [0.1, 0.15) is 12.7 Å². The van der Waals surface area contributed by atoms with E-state index in [0.717, 1.165) is 0 Å². The highest BCUT2D eigenvalue weighted by Gasteiger charge is 2.25. The number of ether oxygens (including phenoxy) is 3. The largest absolute Gasteiger partial charge is 0.485 e. The van der Waals surface area contributed by atoms with E-state index in [4.69, 9.17) is 9.47 Å². The quantitative estimate of drug-likeness (QED) is 0.583. The van der Waals surface area contributed by atoms with Crippen molar-refractivity contribution in [1.82, 2.24) is 0 Å². The molecule has 1 aliphatic heterocycles. The molecular weight excluding hydrogens is 224 g/mol. The van der Waals surface area contributed by atoms with Gasteiger partial charge in [-0.3, -0.25) is 9.59 Å². The van der Waals surface area contributed by atoms with E-state index in [1.54, 1.807) is 18.2 Å². The molecule has 0 amide bonds. The third-order valence-electron chi connectivity index (χ3n) is 2.47. The lowest BCUT2D eigenvalue weighted by molar-refractivity contribution is -0.143. The predicted molar refractivity (Wildman–Crippen MR) is 58.4 cm³/mol. The molecule has 1 aromatic rings. The van der Waals surface area contributed by atoms with Gasteiger partial charge in [0.25, 0.3) is 0 Å². The maximum atomic E-state index is 11.1. The first-order valence-corrected chi connectivity index (χ1v) is 5.19. The number of benzene rings is 1. The van der Waals surface area contributed by atoms with E-state index in [1.807, 2.05) is 0 Å². The van der Waals surface area contributed by atoms with Crippen molar-refractivity contribution in [1.29, 1.82) is 0 Å². The van der Waals surface area contributed by atoms with Gasteiger partial charge in [-0.1, -0.05) is 6.07 Å². The normalized spacial score (nSPS) is 17.4. The molecule has 2 rings (SSSR count). The average Bonchev–Trinajstić information content (AvgIpc) is 2.37. The topological polar surface area (TPSA) is 61.8 Å². The first-order valence-electron chi connectivity index (χ1n) is 5.19. The molecule has 0 spiro atoms. The Hall–Kier alpha value is -2.04. The lowest BCUT2D eigenvalue weighted by Gasteiger charge is -2.26. The van der Waals surface area contributed by atoms with E-state index < -0.39 is 0 Å². The lowest BCUT2D eigenvalue weighted by Crippen LogP contribution is -2.32. The summed E-state index contributed by atoms with van der Waals surface area (Å²) in [6.45, 7) is 0.229. The van der Waals surface area contributed by atoms with Gasteiger partial charge < -0.3 is 14.2 Å². The second-order valence-electron chi connectivity index (χ2n) is 3.62. The second-order valence-corrected chi connectivity index (χ2v) is 3.62. The minimum atomic E-state index is -0.378. The Labute approximate surface area is 98.3 Å². The number of fused-ring (bicyclic) bond motifs is 1. The number of para-hydroxylation sites is 1. The smallest absolute Gasteiger partial charge is 0.309 e. The van der Waals surface area contributed by atoms with E-state index in [2.05, 4.69) is 4.74 Å². The van der Waals surface area contributed by atoms with Crippen LogP contribution in [0.15, 0.2) is 18.2 Å². The van der Waals surface area contributed by atoms with Gasteiger partial charge in [-0.25, -0.2) is 0 Å². The Morgan fingerprint density at radius 1 is 1.59 bits per heavy atom. The zero-order valence-corrected chi connectivity index (χ0v) is 9.34. The first-order chi connectivity index (χ1) is 8.24. The zero-order valence-electron chi connectivity index (χ0n) is 9.34. The predicted octanol–water partition coefficient (Wildman–Crippen LogP) is 1.20. The monoisotopic (exact) mass is 236 g/mol. The summed E-state index contributed by atoms with van der Waals surface area (Å²) in [4.78, 5) is 21.9. The van der Waals surface area contributed by atoms with Crippen LogP contribution in [-0.2, 0) is 9.53 Å². The maximum absolute atomic E-state index is 11.1. The van der Waals surface area contributed by atoms with E-state index in [0.29, 0.717) is 23.3 Å². The molecule has 17 heavy (non-hydrogen) atoms. The summed E-state index contributed by atoms with van der Waals surface area (Å²) in [7, 11) is 1.32. The second kappa shape index (κ2) is 4.86. The van der Waals surface area contributed by atoms with Crippen molar-refractivity contribution < 1.29 is 23.8 Å². The Bertz CT molecular complexity index is 441. The van der Waals surface area contributed by atoms with Crippen LogP contribution in [0.4, 0.5) is 0 Å². The molecule has 0 bridgehead atoms. The van der Waals surface area contributed by atoms with E-state index in [9.17, 15) is 9.59 Å². The number of carbonyl (C=O) groups is 2. The van der Waals surface area contributed by atoms with Crippen LogP contribution in [0, 0.1) is 0 Å². The minimum absolute atomic E-state index is 0.126. The van der Waals surface area contributed by atoms with Crippen molar-refractivity contribution in [2.24, 2.45) is 0 Å². The molecular formula is C12H12O5. The van der Waals surface area contributed by atoms with Crippen LogP contribution in [-0.4, -0.2) is 32.1 Å². The Kier molecular flexibility index (Phi) is 3.27. The van der Waals surface area contributed by atoms with Crippen LogP contribution >= 0.6 is 0 Å². The van der Waals surface area contributed by atoms with Crippen molar-refractivity contribution in [3.8, 4) is 11.5 Å². The van der Waals surface area contributed by atoms with E-state index in [1.165, 1.54) is 7.11 Å². The van der Waals surface area contributed by atoms with Crippen LogP contribution in [0.5, 0.6) is 11.5 Å². The molecule has 0 saturated heterocycles. The summed E-state index contributed by atoms with van der Waals surface area (Å²) >= 11 is 0. The number of hydrogen-bond acceptors (Lipinski definition) is 5. The summed E-state index contributed by atoms with van der Waals surface area (Å²) in [6.07, 6.45) is 0.459. The van der Waals surface area contributed by atoms with Gasteiger partial charge >= 0.3 is 5.97 Å². The number of aldehydes is 1. The molecule has 0 saturated carbocycles.